The van der Waals surface area contributed by atoms with Gasteiger partial charge in [0.25, 0.3) is 5.76 Å². The fourth-order valence-corrected chi connectivity index (χ4v) is 1.70. The third-order valence-electron chi connectivity index (χ3n) is 1.68. The molecule has 1 N–H and O–H groups in total. The number of hydrogen-bond donors (Lipinski definition) is 1. The Morgan fingerprint density at radius 1 is 1.50 bits per heavy atom. The van der Waals surface area contributed by atoms with Crippen molar-refractivity contribution in [3.63, 3.8) is 0 Å². The second kappa shape index (κ2) is 5.72. The van der Waals surface area contributed by atoms with Gasteiger partial charge in [0.15, 0.2) is 0 Å². The van der Waals surface area contributed by atoms with Crippen LogP contribution in [-0.2, 0) is 4.74 Å². The topological polar surface area (TPSA) is 21.3 Å². The summed E-state index contributed by atoms with van der Waals surface area (Å²) in [7, 11) is 0. The van der Waals surface area contributed by atoms with Crippen molar-refractivity contribution in [1.82, 2.24) is 5.32 Å². The third-order valence-corrected chi connectivity index (χ3v) is 2.50. The highest BCUT2D eigenvalue weighted by Gasteiger charge is 2.14. The second-order valence-corrected chi connectivity index (χ2v) is 3.65. The van der Waals surface area contributed by atoms with Crippen molar-refractivity contribution in [2.45, 2.75) is 18.3 Å². The van der Waals surface area contributed by atoms with E-state index in [-0.39, 0.29) is 6.10 Å². The van der Waals surface area contributed by atoms with Gasteiger partial charge < -0.3 is 10.1 Å². The molecule has 0 bridgehead atoms. The van der Waals surface area contributed by atoms with Crippen molar-refractivity contribution in [3.05, 3.63) is 0 Å². The van der Waals surface area contributed by atoms with Gasteiger partial charge in [-0.2, -0.15) is 8.78 Å². The molecular formula is C7H13F2NOS. The molecule has 72 valence electrons. The Morgan fingerprint density at radius 2 is 2.33 bits per heavy atom. The van der Waals surface area contributed by atoms with E-state index in [9.17, 15) is 8.78 Å². The van der Waals surface area contributed by atoms with Crippen LogP contribution in [0.1, 0.15) is 6.42 Å². The molecule has 0 radical (unpaired) electrons. The van der Waals surface area contributed by atoms with E-state index in [0.29, 0.717) is 24.1 Å². The molecule has 1 atom stereocenters. The van der Waals surface area contributed by atoms with Crippen molar-refractivity contribution in [3.8, 4) is 0 Å². The quantitative estimate of drug-likeness (QED) is 0.737. The van der Waals surface area contributed by atoms with E-state index in [0.717, 1.165) is 19.5 Å². The first-order valence-corrected chi connectivity index (χ1v) is 5.06. The molecule has 1 aliphatic rings. The standard InChI is InChI=1S/C7H13F2NOS/c8-7(9)12-5-6-1-2-10-3-4-11-6/h6-7,10H,1-5H2. The Morgan fingerprint density at radius 3 is 3.08 bits per heavy atom. The summed E-state index contributed by atoms with van der Waals surface area (Å²) in [6, 6.07) is 0. The molecule has 5 heteroatoms. The van der Waals surface area contributed by atoms with Crippen LogP contribution >= 0.6 is 11.8 Å². The maximum atomic E-state index is 11.8. The minimum absolute atomic E-state index is 0.000926. The molecule has 0 aromatic carbocycles. The number of ether oxygens (including phenoxy) is 1. The van der Waals surface area contributed by atoms with Gasteiger partial charge in [-0.3, -0.25) is 0 Å². The average Bonchev–Trinajstić information content (AvgIpc) is 2.28. The number of nitrogens with one attached hydrogen (secondary N) is 1. The van der Waals surface area contributed by atoms with Crippen molar-refractivity contribution >= 4 is 11.8 Å². The predicted molar refractivity (Wildman–Crippen MR) is 45.7 cm³/mol. The normalized spacial score (nSPS) is 25.8. The van der Waals surface area contributed by atoms with Gasteiger partial charge in [-0.15, -0.1) is 0 Å². The lowest BCUT2D eigenvalue weighted by atomic mass is 10.3. The highest BCUT2D eigenvalue weighted by atomic mass is 32.2. The SMILES string of the molecule is FC(F)SCC1CCNCCO1. The maximum absolute atomic E-state index is 11.8. The Hall–Kier alpha value is 0.130. The zero-order chi connectivity index (χ0) is 8.81. The minimum atomic E-state index is -2.27. The van der Waals surface area contributed by atoms with Gasteiger partial charge in [-0.05, 0) is 13.0 Å². The van der Waals surface area contributed by atoms with Gasteiger partial charge in [-0.1, -0.05) is 11.8 Å². The van der Waals surface area contributed by atoms with Crippen LogP contribution in [0.25, 0.3) is 0 Å². The maximum Gasteiger partial charge on any atom is 0.284 e. The molecule has 0 spiro atoms. The molecular weight excluding hydrogens is 184 g/mol. The monoisotopic (exact) mass is 197 g/mol. The van der Waals surface area contributed by atoms with Crippen LogP contribution in [0.2, 0.25) is 0 Å². The van der Waals surface area contributed by atoms with E-state index < -0.39 is 5.76 Å². The van der Waals surface area contributed by atoms with Gasteiger partial charge >= 0.3 is 0 Å². The van der Waals surface area contributed by atoms with Crippen LogP contribution < -0.4 is 5.32 Å². The molecule has 2 nitrogen and oxygen atoms in total. The van der Waals surface area contributed by atoms with Gasteiger partial charge in [0.2, 0.25) is 0 Å². The second-order valence-electron chi connectivity index (χ2n) is 2.63. The number of hydrogen-bond acceptors (Lipinski definition) is 3. The van der Waals surface area contributed by atoms with E-state index in [2.05, 4.69) is 5.32 Å². The van der Waals surface area contributed by atoms with Gasteiger partial charge in [0.1, 0.15) is 0 Å². The van der Waals surface area contributed by atoms with E-state index >= 15 is 0 Å². The zero-order valence-electron chi connectivity index (χ0n) is 6.76. The fraction of sp³-hybridized carbons (Fsp3) is 1.00. The van der Waals surface area contributed by atoms with Crippen LogP contribution in [0.3, 0.4) is 0 Å². The Kier molecular flexibility index (Phi) is 4.87. The molecule has 0 amide bonds. The summed E-state index contributed by atoms with van der Waals surface area (Å²) in [4.78, 5) is 0. The first kappa shape index (κ1) is 10.2. The first-order valence-electron chi connectivity index (χ1n) is 4.01. The summed E-state index contributed by atoms with van der Waals surface area (Å²) < 4.78 is 28.9. The Bertz CT molecular complexity index is 118. The van der Waals surface area contributed by atoms with Crippen LogP contribution in [0.5, 0.6) is 0 Å². The molecule has 1 rings (SSSR count). The zero-order valence-corrected chi connectivity index (χ0v) is 7.58. The lowest BCUT2D eigenvalue weighted by Gasteiger charge is -2.12. The number of thioether (sulfide) groups is 1. The lowest BCUT2D eigenvalue weighted by molar-refractivity contribution is 0.0810. The number of alkyl halides is 2. The first-order chi connectivity index (χ1) is 5.79. The van der Waals surface area contributed by atoms with Crippen molar-refractivity contribution in [2.75, 3.05) is 25.4 Å². The molecule has 1 unspecified atom stereocenters. The number of halogens is 2. The van der Waals surface area contributed by atoms with E-state index in [1.54, 1.807) is 0 Å². The Balaban J connectivity index is 2.12. The van der Waals surface area contributed by atoms with Crippen molar-refractivity contribution in [2.24, 2.45) is 0 Å². The molecule has 0 aliphatic carbocycles. The van der Waals surface area contributed by atoms with Crippen molar-refractivity contribution in [1.29, 1.82) is 0 Å². The number of rotatable bonds is 3. The lowest BCUT2D eigenvalue weighted by Crippen LogP contribution is -2.17. The molecule has 12 heavy (non-hydrogen) atoms. The summed E-state index contributed by atoms with van der Waals surface area (Å²) in [5.41, 5.74) is 0. The summed E-state index contributed by atoms with van der Waals surface area (Å²) in [6.45, 7) is 2.33. The molecule has 1 saturated heterocycles. The summed E-state index contributed by atoms with van der Waals surface area (Å²) in [5, 5.41) is 3.14. The largest absolute Gasteiger partial charge is 0.376 e. The van der Waals surface area contributed by atoms with E-state index in [1.807, 2.05) is 0 Å². The molecule has 0 aromatic rings. The predicted octanol–water partition coefficient (Wildman–Crippen LogP) is 1.32. The van der Waals surface area contributed by atoms with E-state index in [1.165, 1.54) is 0 Å². The van der Waals surface area contributed by atoms with Crippen LogP contribution in [0.15, 0.2) is 0 Å². The van der Waals surface area contributed by atoms with Gasteiger partial charge in [0, 0.05) is 12.3 Å². The van der Waals surface area contributed by atoms with Crippen LogP contribution in [0, 0.1) is 0 Å². The third kappa shape index (κ3) is 4.23. The van der Waals surface area contributed by atoms with Crippen LogP contribution in [0.4, 0.5) is 8.78 Å². The molecule has 0 aromatic heterocycles. The highest BCUT2D eigenvalue weighted by Crippen LogP contribution is 2.17. The van der Waals surface area contributed by atoms with Crippen LogP contribution in [-0.4, -0.2) is 37.3 Å². The molecule has 1 fully saturated rings. The molecule has 0 saturated carbocycles. The molecule has 1 heterocycles. The summed E-state index contributed by atoms with van der Waals surface area (Å²) in [6.07, 6.45) is 0.832. The minimum Gasteiger partial charge on any atom is -0.376 e. The average molecular weight is 197 g/mol. The molecule has 1 aliphatic heterocycles. The Labute approximate surface area is 75.0 Å². The smallest absolute Gasteiger partial charge is 0.284 e. The van der Waals surface area contributed by atoms with Gasteiger partial charge in [-0.25, -0.2) is 0 Å². The fourth-order valence-electron chi connectivity index (χ4n) is 1.08. The van der Waals surface area contributed by atoms with Gasteiger partial charge in [0.05, 0.1) is 12.7 Å². The van der Waals surface area contributed by atoms with E-state index in [4.69, 9.17) is 4.74 Å². The summed E-state index contributed by atoms with van der Waals surface area (Å²) >= 11 is 0.661. The highest BCUT2D eigenvalue weighted by molar-refractivity contribution is 7.99. The summed E-state index contributed by atoms with van der Waals surface area (Å²) in [5.74, 6) is -1.87. The van der Waals surface area contributed by atoms with Crippen molar-refractivity contribution < 1.29 is 13.5 Å².